The minimum absolute atomic E-state index is 0.0897. The second kappa shape index (κ2) is 11.9. The summed E-state index contributed by atoms with van der Waals surface area (Å²) in [6.07, 6.45) is 0.897. The molecule has 35 heavy (non-hydrogen) atoms. The molecular formula is C28H36N2O5. The fourth-order valence-electron chi connectivity index (χ4n) is 3.86. The minimum atomic E-state index is -0.688. The predicted octanol–water partition coefficient (Wildman–Crippen LogP) is 4.49. The number of carbonyl (C=O) groups is 2. The molecule has 0 bridgehead atoms. The van der Waals surface area contributed by atoms with Crippen LogP contribution in [0.4, 0.5) is 0 Å². The fourth-order valence-corrected chi connectivity index (χ4v) is 3.86. The molecule has 7 nitrogen and oxygen atoms in total. The van der Waals surface area contributed by atoms with E-state index in [2.05, 4.69) is 13.8 Å². The van der Waals surface area contributed by atoms with Crippen molar-refractivity contribution in [1.29, 1.82) is 0 Å². The summed E-state index contributed by atoms with van der Waals surface area (Å²) >= 11 is 0. The Hall–Kier alpha value is -3.32. The maximum Gasteiger partial charge on any atom is 0.295 e. The smallest absolute Gasteiger partial charge is 0.295 e. The quantitative estimate of drug-likeness (QED) is 0.290. The van der Waals surface area contributed by atoms with E-state index < -0.39 is 17.7 Å². The molecule has 0 radical (unpaired) electrons. The Bertz CT molecular complexity index is 1040. The van der Waals surface area contributed by atoms with Gasteiger partial charge >= 0.3 is 0 Å². The summed E-state index contributed by atoms with van der Waals surface area (Å²) in [5.41, 5.74) is 1.29. The van der Waals surface area contributed by atoms with Crippen molar-refractivity contribution in [3.8, 4) is 11.5 Å². The van der Waals surface area contributed by atoms with Gasteiger partial charge in [-0.1, -0.05) is 32.9 Å². The molecule has 0 aliphatic carbocycles. The minimum Gasteiger partial charge on any atom is -0.507 e. The van der Waals surface area contributed by atoms with Crippen LogP contribution in [0, 0.1) is 5.92 Å². The molecule has 1 amide bonds. The van der Waals surface area contributed by atoms with Crippen molar-refractivity contribution in [2.75, 3.05) is 40.4 Å². The molecule has 0 saturated carbocycles. The third kappa shape index (κ3) is 6.42. The molecule has 0 spiro atoms. The highest BCUT2D eigenvalue weighted by molar-refractivity contribution is 6.46. The van der Waals surface area contributed by atoms with Crippen LogP contribution in [0.3, 0.4) is 0 Å². The zero-order chi connectivity index (χ0) is 25.5. The summed E-state index contributed by atoms with van der Waals surface area (Å²) in [6.45, 7) is 8.31. The number of rotatable bonds is 11. The maximum atomic E-state index is 13.1. The first-order chi connectivity index (χ1) is 16.7. The van der Waals surface area contributed by atoms with Crippen LogP contribution in [-0.2, 0) is 9.59 Å². The Morgan fingerprint density at radius 1 is 1.00 bits per heavy atom. The SMILES string of the molecule is CCCOc1ccc(C2/C(=C(\O)c3ccc(OCC(C)C)cc3)C(=O)C(=O)N2CCN(C)C)cc1. The number of ketones is 1. The molecule has 1 aliphatic rings. The van der Waals surface area contributed by atoms with Gasteiger partial charge in [-0.15, -0.1) is 0 Å². The van der Waals surface area contributed by atoms with Crippen molar-refractivity contribution < 1.29 is 24.2 Å². The number of benzene rings is 2. The van der Waals surface area contributed by atoms with Gasteiger partial charge in [-0.05, 0) is 68.4 Å². The molecule has 1 N–H and O–H groups in total. The number of hydrogen-bond donors (Lipinski definition) is 1. The number of aliphatic hydroxyl groups is 1. The highest BCUT2D eigenvalue weighted by atomic mass is 16.5. The topological polar surface area (TPSA) is 79.3 Å². The molecule has 1 heterocycles. The Morgan fingerprint density at radius 3 is 2.17 bits per heavy atom. The van der Waals surface area contributed by atoms with Crippen LogP contribution < -0.4 is 9.47 Å². The summed E-state index contributed by atoms with van der Waals surface area (Å²) in [5.74, 6) is 0.306. The number of likely N-dealkylation sites (tertiary alicyclic amines) is 1. The lowest BCUT2D eigenvalue weighted by molar-refractivity contribution is -0.140. The number of amides is 1. The van der Waals surface area contributed by atoms with E-state index in [1.54, 1.807) is 24.3 Å². The summed E-state index contributed by atoms with van der Waals surface area (Å²) in [7, 11) is 3.82. The van der Waals surface area contributed by atoms with Gasteiger partial charge in [-0.3, -0.25) is 9.59 Å². The molecule has 188 valence electrons. The Morgan fingerprint density at radius 2 is 1.60 bits per heavy atom. The number of aliphatic hydroxyl groups excluding tert-OH is 1. The molecule has 1 saturated heterocycles. The summed E-state index contributed by atoms with van der Waals surface area (Å²) in [6, 6.07) is 13.6. The Balaban J connectivity index is 1.99. The molecule has 1 aliphatic heterocycles. The van der Waals surface area contributed by atoms with E-state index in [9.17, 15) is 14.7 Å². The Kier molecular flexibility index (Phi) is 8.93. The van der Waals surface area contributed by atoms with Gasteiger partial charge in [0.25, 0.3) is 11.7 Å². The van der Waals surface area contributed by atoms with Gasteiger partial charge in [0.2, 0.25) is 0 Å². The zero-order valence-electron chi connectivity index (χ0n) is 21.3. The highest BCUT2D eigenvalue weighted by Crippen LogP contribution is 2.39. The van der Waals surface area contributed by atoms with Crippen LogP contribution >= 0.6 is 0 Å². The predicted molar refractivity (Wildman–Crippen MR) is 137 cm³/mol. The largest absolute Gasteiger partial charge is 0.507 e. The first-order valence-electron chi connectivity index (χ1n) is 12.1. The number of nitrogens with zero attached hydrogens (tertiary/aromatic N) is 2. The van der Waals surface area contributed by atoms with Crippen molar-refractivity contribution in [3.05, 3.63) is 65.2 Å². The lowest BCUT2D eigenvalue weighted by atomic mass is 9.95. The van der Waals surface area contributed by atoms with Gasteiger partial charge in [0.15, 0.2) is 0 Å². The number of Topliss-reactive ketones (excluding diaryl/α,β-unsaturated/α-hetero) is 1. The van der Waals surface area contributed by atoms with Gasteiger partial charge < -0.3 is 24.4 Å². The van der Waals surface area contributed by atoms with E-state index in [0.717, 1.165) is 17.7 Å². The monoisotopic (exact) mass is 480 g/mol. The third-order valence-electron chi connectivity index (χ3n) is 5.71. The summed E-state index contributed by atoms with van der Waals surface area (Å²) in [5, 5.41) is 11.2. The maximum absolute atomic E-state index is 13.1. The second-order valence-electron chi connectivity index (χ2n) is 9.44. The van der Waals surface area contributed by atoms with Crippen molar-refractivity contribution in [3.63, 3.8) is 0 Å². The van der Waals surface area contributed by atoms with Crippen LogP contribution in [0.1, 0.15) is 44.4 Å². The number of carbonyl (C=O) groups excluding carboxylic acids is 2. The molecule has 1 fully saturated rings. The standard InChI is InChI=1S/C28H36N2O5/c1-6-17-34-22-11-7-20(8-12-22)25-24(27(32)28(33)30(25)16-15-29(4)5)26(31)21-9-13-23(14-10-21)35-18-19(2)3/h7-14,19,25,31H,6,15-18H2,1-5H3/b26-24+. The first kappa shape index (κ1) is 26.3. The van der Waals surface area contributed by atoms with E-state index in [4.69, 9.17) is 9.47 Å². The van der Waals surface area contributed by atoms with E-state index in [-0.39, 0.29) is 11.3 Å². The van der Waals surface area contributed by atoms with Gasteiger partial charge in [0.1, 0.15) is 17.3 Å². The number of likely N-dealkylation sites (N-methyl/N-ethyl adjacent to an activating group) is 1. The molecule has 1 atom stereocenters. The van der Waals surface area contributed by atoms with Crippen LogP contribution in [0.25, 0.3) is 5.76 Å². The molecule has 2 aromatic rings. The highest BCUT2D eigenvalue weighted by Gasteiger charge is 2.45. The van der Waals surface area contributed by atoms with Gasteiger partial charge in [-0.25, -0.2) is 0 Å². The van der Waals surface area contributed by atoms with Crippen LogP contribution in [0.15, 0.2) is 54.1 Å². The van der Waals surface area contributed by atoms with Crippen molar-refractivity contribution in [2.45, 2.75) is 33.2 Å². The molecule has 0 aromatic heterocycles. The molecule has 7 heteroatoms. The number of hydrogen-bond acceptors (Lipinski definition) is 6. The summed E-state index contributed by atoms with van der Waals surface area (Å²) < 4.78 is 11.4. The van der Waals surface area contributed by atoms with Crippen LogP contribution in [0.5, 0.6) is 11.5 Å². The van der Waals surface area contributed by atoms with Gasteiger partial charge in [0.05, 0.1) is 24.8 Å². The average molecular weight is 481 g/mol. The van der Waals surface area contributed by atoms with E-state index >= 15 is 0 Å². The number of ether oxygens (including phenoxy) is 2. The fraction of sp³-hybridized carbons (Fsp3) is 0.429. The second-order valence-corrected chi connectivity index (χ2v) is 9.44. The van der Waals surface area contributed by atoms with E-state index in [1.807, 2.05) is 50.2 Å². The molecule has 3 rings (SSSR count). The normalized spacial score (nSPS) is 17.5. The van der Waals surface area contributed by atoms with Gasteiger partial charge in [-0.2, -0.15) is 0 Å². The average Bonchev–Trinajstić information content (AvgIpc) is 3.10. The molecule has 1 unspecified atom stereocenters. The van der Waals surface area contributed by atoms with E-state index in [0.29, 0.717) is 43.5 Å². The van der Waals surface area contributed by atoms with Crippen molar-refractivity contribution in [1.82, 2.24) is 9.80 Å². The first-order valence-corrected chi connectivity index (χ1v) is 12.1. The third-order valence-corrected chi connectivity index (χ3v) is 5.71. The van der Waals surface area contributed by atoms with E-state index in [1.165, 1.54) is 4.90 Å². The molecular weight excluding hydrogens is 444 g/mol. The lowest BCUT2D eigenvalue weighted by Crippen LogP contribution is -2.35. The summed E-state index contributed by atoms with van der Waals surface area (Å²) in [4.78, 5) is 29.7. The molecule has 2 aromatic carbocycles. The zero-order valence-corrected chi connectivity index (χ0v) is 21.3. The van der Waals surface area contributed by atoms with Crippen molar-refractivity contribution >= 4 is 17.4 Å². The Labute approximate surface area is 207 Å². The van der Waals surface area contributed by atoms with Crippen LogP contribution in [-0.4, -0.2) is 67.0 Å². The lowest BCUT2D eigenvalue weighted by Gasteiger charge is -2.26. The van der Waals surface area contributed by atoms with Crippen LogP contribution in [0.2, 0.25) is 0 Å². The van der Waals surface area contributed by atoms with Crippen molar-refractivity contribution in [2.24, 2.45) is 5.92 Å². The van der Waals surface area contributed by atoms with Gasteiger partial charge in [0, 0.05) is 18.7 Å².